The van der Waals surface area contributed by atoms with Crippen molar-refractivity contribution < 1.29 is 4.74 Å². The van der Waals surface area contributed by atoms with E-state index in [2.05, 4.69) is 58.7 Å². The molecule has 172 valence electrons. The summed E-state index contributed by atoms with van der Waals surface area (Å²) in [6.07, 6.45) is 4.22. The summed E-state index contributed by atoms with van der Waals surface area (Å²) in [5.74, 6) is 0. The Morgan fingerprint density at radius 2 is 2.03 bits per heavy atom. The number of aromatic nitrogens is 2. The fourth-order valence-electron chi connectivity index (χ4n) is 5.24. The molecule has 0 spiro atoms. The summed E-state index contributed by atoms with van der Waals surface area (Å²) in [4.78, 5) is 6.98. The number of thiocarbonyl (C=S) groups is 1. The number of nitrogens with zero attached hydrogens (tertiary/aromatic N) is 3. The van der Waals surface area contributed by atoms with Gasteiger partial charge in [0.1, 0.15) is 0 Å². The molecule has 0 amide bonds. The Morgan fingerprint density at radius 1 is 1.18 bits per heavy atom. The SMILES string of the molecule is Cc1c(Cl)cccc1-n1c(C)cc([C@@H]2[C@@H](c3ccccn3)NC(=S)N2C[C@H]2CCCO2)c1C. The first kappa shape index (κ1) is 22.4. The van der Waals surface area contributed by atoms with Gasteiger partial charge in [-0.15, -0.1) is 0 Å². The summed E-state index contributed by atoms with van der Waals surface area (Å²) < 4.78 is 8.28. The van der Waals surface area contributed by atoms with E-state index in [1.807, 2.05) is 30.5 Å². The minimum atomic E-state index is -0.0329. The van der Waals surface area contributed by atoms with Crippen LogP contribution in [0.4, 0.5) is 0 Å². The number of benzene rings is 1. The number of pyridine rings is 1. The maximum absolute atomic E-state index is 6.47. The first-order chi connectivity index (χ1) is 16.0. The summed E-state index contributed by atoms with van der Waals surface area (Å²) in [5.41, 5.74) is 6.77. The lowest BCUT2D eigenvalue weighted by Gasteiger charge is -2.30. The van der Waals surface area contributed by atoms with Crippen molar-refractivity contribution in [1.82, 2.24) is 19.8 Å². The number of halogens is 1. The molecule has 0 saturated carbocycles. The van der Waals surface area contributed by atoms with Gasteiger partial charge in [0.25, 0.3) is 0 Å². The average Bonchev–Trinajstić information content (AvgIpc) is 3.51. The van der Waals surface area contributed by atoms with Crippen LogP contribution in [0.15, 0.2) is 48.7 Å². The Hall–Kier alpha value is -2.41. The van der Waals surface area contributed by atoms with Crippen molar-refractivity contribution in [3.8, 4) is 5.69 Å². The molecule has 2 aliphatic rings. The summed E-state index contributed by atoms with van der Waals surface area (Å²) in [6, 6.07) is 14.4. The molecule has 0 bridgehead atoms. The zero-order valence-corrected chi connectivity index (χ0v) is 20.8. The van der Waals surface area contributed by atoms with Gasteiger partial charge >= 0.3 is 0 Å². The van der Waals surface area contributed by atoms with Crippen molar-refractivity contribution in [2.75, 3.05) is 13.2 Å². The van der Waals surface area contributed by atoms with E-state index in [4.69, 9.17) is 28.6 Å². The molecule has 2 aliphatic heterocycles. The van der Waals surface area contributed by atoms with Gasteiger partial charge in [0, 0.05) is 41.4 Å². The molecule has 5 nitrogen and oxygen atoms in total. The first-order valence-electron chi connectivity index (χ1n) is 11.5. The largest absolute Gasteiger partial charge is 0.376 e. The quantitative estimate of drug-likeness (QED) is 0.481. The maximum atomic E-state index is 6.47. The average molecular weight is 481 g/mol. The fraction of sp³-hybridized carbons (Fsp3) is 0.385. The number of hydrogen-bond donors (Lipinski definition) is 1. The van der Waals surface area contributed by atoms with E-state index in [0.717, 1.165) is 53.1 Å². The van der Waals surface area contributed by atoms with Gasteiger partial charge < -0.3 is 19.5 Å². The van der Waals surface area contributed by atoms with Gasteiger partial charge in [0.05, 0.1) is 23.9 Å². The molecular weight excluding hydrogens is 452 g/mol. The normalized spacial score (nSPS) is 22.7. The van der Waals surface area contributed by atoms with E-state index >= 15 is 0 Å². The number of rotatable bonds is 5. The highest BCUT2D eigenvalue weighted by atomic mass is 35.5. The van der Waals surface area contributed by atoms with Gasteiger partial charge in [0.2, 0.25) is 0 Å². The second-order valence-corrected chi connectivity index (χ2v) is 9.75. The van der Waals surface area contributed by atoms with Crippen molar-refractivity contribution in [2.45, 2.75) is 51.8 Å². The molecule has 2 saturated heterocycles. The van der Waals surface area contributed by atoms with Crippen LogP contribution in [0.5, 0.6) is 0 Å². The van der Waals surface area contributed by atoms with Crippen LogP contribution >= 0.6 is 23.8 Å². The van der Waals surface area contributed by atoms with E-state index < -0.39 is 0 Å². The van der Waals surface area contributed by atoms with E-state index in [1.165, 1.54) is 17.0 Å². The van der Waals surface area contributed by atoms with Crippen LogP contribution in [0.1, 0.15) is 53.1 Å². The molecule has 1 aromatic carbocycles. The van der Waals surface area contributed by atoms with E-state index in [-0.39, 0.29) is 18.2 Å². The minimum absolute atomic E-state index is 0.0241. The molecule has 7 heteroatoms. The summed E-state index contributed by atoms with van der Waals surface area (Å²) in [6.45, 7) is 8.01. The van der Waals surface area contributed by atoms with Gasteiger partial charge in [-0.3, -0.25) is 4.98 Å². The first-order valence-corrected chi connectivity index (χ1v) is 12.3. The molecular formula is C26H29ClN4OS. The van der Waals surface area contributed by atoms with Crippen LogP contribution in [0.25, 0.3) is 5.69 Å². The van der Waals surface area contributed by atoms with Gasteiger partial charge in [0.15, 0.2) is 5.11 Å². The predicted molar refractivity (Wildman–Crippen MR) is 136 cm³/mol. The third-order valence-electron chi connectivity index (χ3n) is 6.89. The molecule has 0 radical (unpaired) electrons. The zero-order valence-electron chi connectivity index (χ0n) is 19.2. The Balaban J connectivity index is 1.61. The number of hydrogen-bond acceptors (Lipinski definition) is 3. The van der Waals surface area contributed by atoms with E-state index in [0.29, 0.717) is 0 Å². The summed E-state index contributed by atoms with van der Waals surface area (Å²) >= 11 is 12.3. The van der Waals surface area contributed by atoms with Crippen LogP contribution in [-0.2, 0) is 4.74 Å². The topological polar surface area (TPSA) is 42.3 Å². The summed E-state index contributed by atoms with van der Waals surface area (Å²) in [5, 5.41) is 5.10. The van der Waals surface area contributed by atoms with Crippen molar-refractivity contribution in [3.05, 3.63) is 81.9 Å². The Labute approximate surface area is 205 Å². The monoisotopic (exact) mass is 480 g/mol. The highest BCUT2D eigenvalue weighted by molar-refractivity contribution is 7.80. The molecule has 33 heavy (non-hydrogen) atoms. The molecule has 0 unspecified atom stereocenters. The number of nitrogens with one attached hydrogen (secondary N) is 1. The highest BCUT2D eigenvalue weighted by Gasteiger charge is 2.42. The van der Waals surface area contributed by atoms with Gasteiger partial charge in [-0.2, -0.15) is 0 Å². The standard InChI is InChI=1S/C26H29ClN4OS/c1-16-14-20(18(3)31(16)23-11-6-9-21(27)17(23)2)25-24(22-10-4-5-12-28-22)29-26(33)30(25)15-19-8-7-13-32-19/h4-6,9-12,14,19,24-25H,7-8,13,15H2,1-3H3,(H,29,33)/t19-,24-,25-/m1/s1. The molecule has 0 aliphatic carbocycles. The van der Waals surface area contributed by atoms with Gasteiger partial charge in [-0.1, -0.05) is 23.7 Å². The van der Waals surface area contributed by atoms with E-state index in [9.17, 15) is 0 Å². The van der Waals surface area contributed by atoms with Crippen LogP contribution in [-0.4, -0.2) is 38.8 Å². The molecule has 1 N–H and O–H groups in total. The Bertz CT molecular complexity index is 1170. The van der Waals surface area contributed by atoms with Crippen molar-refractivity contribution in [2.24, 2.45) is 0 Å². The number of aryl methyl sites for hydroxylation is 1. The van der Waals surface area contributed by atoms with E-state index in [1.54, 1.807) is 0 Å². The number of ether oxygens (including phenoxy) is 1. The van der Waals surface area contributed by atoms with Crippen LogP contribution < -0.4 is 5.32 Å². The van der Waals surface area contributed by atoms with Crippen molar-refractivity contribution in [1.29, 1.82) is 0 Å². The molecule has 2 aromatic heterocycles. The second kappa shape index (κ2) is 9.09. The third-order valence-corrected chi connectivity index (χ3v) is 7.65. The molecule has 3 atom stereocenters. The highest BCUT2D eigenvalue weighted by Crippen LogP contribution is 2.42. The fourth-order valence-corrected chi connectivity index (χ4v) is 5.73. The van der Waals surface area contributed by atoms with Gasteiger partial charge in [-0.05, 0) is 87.3 Å². The van der Waals surface area contributed by atoms with Gasteiger partial charge in [-0.25, -0.2) is 0 Å². The molecule has 2 fully saturated rings. The lowest BCUT2D eigenvalue weighted by molar-refractivity contribution is 0.0842. The van der Waals surface area contributed by atoms with Crippen molar-refractivity contribution >= 4 is 28.9 Å². The molecule has 5 rings (SSSR count). The second-order valence-electron chi connectivity index (χ2n) is 8.96. The Morgan fingerprint density at radius 3 is 2.76 bits per heavy atom. The molecule has 4 heterocycles. The summed E-state index contributed by atoms with van der Waals surface area (Å²) in [7, 11) is 0. The van der Waals surface area contributed by atoms with Crippen LogP contribution in [0, 0.1) is 20.8 Å². The molecule has 3 aromatic rings. The lowest BCUT2D eigenvalue weighted by Crippen LogP contribution is -2.36. The smallest absolute Gasteiger partial charge is 0.170 e. The van der Waals surface area contributed by atoms with Crippen LogP contribution in [0.2, 0.25) is 5.02 Å². The zero-order chi connectivity index (χ0) is 23.1. The maximum Gasteiger partial charge on any atom is 0.170 e. The van der Waals surface area contributed by atoms with Crippen LogP contribution in [0.3, 0.4) is 0 Å². The minimum Gasteiger partial charge on any atom is -0.376 e. The predicted octanol–water partition coefficient (Wildman–Crippen LogP) is 5.60. The lowest BCUT2D eigenvalue weighted by atomic mass is 9.96. The Kier molecular flexibility index (Phi) is 6.16. The third kappa shape index (κ3) is 4.05. The van der Waals surface area contributed by atoms with Crippen molar-refractivity contribution in [3.63, 3.8) is 0 Å².